The van der Waals surface area contributed by atoms with Crippen molar-refractivity contribution < 1.29 is 4.52 Å². The maximum Gasteiger partial charge on any atom is 0.266 e. The summed E-state index contributed by atoms with van der Waals surface area (Å²) in [4.78, 5) is 8.99. The molecule has 1 aliphatic rings. The Balaban J connectivity index is 1.76. The van der Waals surface area contributed by atoms with Gasteiger partial charge in [-0.3, -0.25) is 0 Å². The molecule has 1 fully saturated rings. The Labute approximate surface area is 124 Å². The average molecular weight is 287 g/mol. The maximum atomic E-state index is 5.60. The van der Waals surface area contributed by atoms with Crippen molar-refractivity contribution in [1.29, 1.82) is 0 Å². The Morgan fingerprint density at radius 1 is 1.24 bits per heavy atom. The fourth-order valence-electron chi connectivity index (χ4n) is 2.49. The van der Waals surface area contributed by atoms with Gasteiger partial charge in [0.2, 0.25) is 0 Å². The van der Waals surface area contributed by atoms with Crippen LogP contribution in [0, 0.1) is 0 Å². The average Bonchev–Trinajstić information content (AvgIpc) is 2.98. The molecule has 0 bridgehead atoms. The summed E-state index contributed by atoms with van der Waals surface area (Å²) >= 11 is 0. The second-order valence-electron chi connectivity index (χ2n) is 5.43. The molecule has 0 atom stereocenters. The predicted molar refractivity (Wildman–Crippen MR) is 82.2 cm³/mol. The highest BCUT2D eigenvalue weighted by Gasteiger charge is 2.19. The van der Waals surface area contributed by atoms with Crippen molar-refractivity contribution in [1.82, 2.24) is 15.0 Å². The molecule has 0 unspecified atom stereocenters. The molecule has 3 rings (SSSR count). The number of nitrogens with two attached hydrogens (primary N) is 1. The summed E-state index contributed by atoms with van der Waals surface area (Å²) in [6.45, 7) is 4.55. The first-order chi connectivity index (χ1) is 10.3. The van der Waals surface area contributed by atoms with E-state index in [0.29, 0.717) is 18.4 Å². The van der Waals surface area contributed by atoms with Crippen LogP contribution < -0.4 is 10.6 Å². The maximum absolute atomic E-state index is 5.60. The van der Waals surface area contributed by atoms with E-state index in [-0.39, 0.29) is 0 Å². The van der Waals surface area contributed by atoms with Crippen LogP contribution >= 0.6 is 0 Å². The van der Waals surface area contributed by atoms with E-state index in [1.807, 2.05) is 12.1 Å². The first-order valence-electron chi connectivity index (χ1n) is 7.33. The van der Waals surface area contributed by atoms with Crippen LogP contribution in [0.3, 0.4) is 0 Å². The second-order valence-corrected chi connectivity index (χ2v) is 5.43. The fourth-order valence-corrected chi connectivity index (χ4v) is 2.49. The molecule has 0 aliphatic carbocycles. The number of hydrogen-bond acceptors (Lipinski definition) is 6. The van der Waals surface area contributed by atoms with E-state index in [1.165, 1.54) is 5.56 Å². The number of benzene rings is 1. The van der Waals surface area contributed by atoms with Gasteiger partial charge in [0, 0.05) is 31.7 Å². The van der Waals surface area contributed by atoms with Gasteiger partial charge < -0.3 is 20.1 Å². The highest BCUT2D eigenvalue weighted by Crippen LogP contribution is 2.22. The molecule has 6 heteroatoms. The van der Waals surface area contributed by atoms with E-state index in [4.69, 9.17) is 10.3 Å². The van der Waals surface area contributed by atoms with Gasteiger partial charge >= 0.3 is 0 Å². The van der Waals surface area contributed by atoms with Crippen molar-refractivity contribution in [2.45, 2.75) is 6.42 Å². The minimum atomic E-state index is 0.572. The van der Waals surface area contributed by atoms with Crippen LogP contribution in [0.5, 0.6) is 0 Å². The van der Waals surface area contributed by atoms with Gasteiger partial charge in [0.25, 0.3) is 11.8 Å². The lowest BCUT2D eigenvalue weighted by atomic mass is 10.1. The van der Waals surface area contributed by atoms with E-state index < -0.39 is 0 Å². The number of piperazine rings is 1. The fraction of sp³-hybridized carbons (Fsp3) is 0.467. The number of nitrogens with zero attached hydrogens (tertiary/aromatic N) is 4. The molecule has 2 heterocycles. The molecular formula is C15H21N5O. The third kappa shape index (κ3) is 3.22. The van der Waals surface area contributed by atoms with Crippen LogP contribution in [0.15, 0.2) is 28.8 Å². The summed E-state index contributed by atoms with van der Waals surface area (Å²) in [5, 5.41) is 4.11. The zero-order valence-corrected chi connectivity index (χ0v) is 12.3. The Bertz CT molecular complexity index is 589. The minimum absolute atomic E-state index is 0.572. The molecule has 0 radical (unpaired) electrons. The molecular weight excluding hydrogens is 266 g/mol. The lowest BCUT2D eigenvalue weighted by Gasteiger charge is -2.31. The zero-order valence-electron chi connectivity index (χ0n) is 12.3. The van der Waals surface area contributed by atoms with Gasteiger partial charge in [-0.15, -0.1) is 0 Å². The number of hydrogen-bond donors (Lipinski definition) is 1. The highest BCUT2D eigenvalue weighted by molar-refractivity contribution is 5.55. The van der Waals surface area contributed by atoms with Crippen LogP contribution in [0.25, 0.3) is 11.5 Å². The summed E-state index contributed by atoms with van der Waals surface area (Å²) in [5.41, 5.74) is 7.74. The van der Waals surface area contributed by atoms with Crippen LogP contribution in [-0.2, 0) is 6.42 Å². The standard InChI is InChI=1S/C15H21N5O/c1-19-7-9-20(10-8-19)15-17-14(21-18-15)13-4-2-3-12(11-13)5-6-16/h2-4,11H,5-10,16H2,1H3. The van der Waals surface area contributed by atoms with E-state index in [2.05, 4.69) is 39.1 Å². The van der Waals surface area contributed by atoms with Crippen LogP contribution in [-0.4, -0.2) is 54.8 Å². The molecule has 0 spiro atoms. The summed E-state index contributed by atoms with van der Waals surface area (Å²) in [6.07, 6.45) is 0.854. The van der Waals surface area contributed by atoms with Gasteiger partial charge in [0.05, 0.1) is 0 Å². The first kappa shape index (κ1) is 14.0. The summed E-state index contributed by atoms with van der Waals surface area (Å²) in [5.74, 6) is 1.25. The van der Waals surface area contributed by atoms with E-state index >= 15 is 0 Å². The molecule has 1 aliphatic heterocycles. The minimum Gasteiger partial charge on any atom is -0.336 e. The Kier molecular flexibility index (Phi) is 4.17. The van der Waals surface area contributed by atoms with Crippen molar-refractivity contribution in [3.05, 3.63) is 29.8 Å². The first-order valence-corrected chi connectivity index (χ1v) is 7.33. The summed E-state index contributed by atoms with van der Waals surface area (Å²) < 4.78 is 5.42. The zero-order chi connectivity index (χ0) is 14.7. The van der Waals surface area contributed by atoms with E-state index in [0.717, 1.165) is 38.2 Å². The van der Waals surface area contributed by atoms with Crippen LogP contribution in [0.4, 0.5) is 5.95 Å². The molecule has 2 N–H and O–H groups in total. The molecule has 1 aromatic heterocycles. The molecule has 1 aromatic carbocycles. The van der Waals surface area contributed by atoms with Gasteiger partial charge in [-0.2, -0.15) is 4.98 Å². The molecule has 0 amide bonds. The van der Waals surface area contributed by atoms with Crippen LogP contribution in [0.2, 0.25) is 0 Å². The van der Waals surface area contributed by atoms with E-state index in [1.54, 1.807) is 0 Å². The molecule has 0 saturated carbocycles. The smallest absolute Gasteiger partial charge is 0.266 e. The molecule has 1 saturated heterocycles. The Morgan fingerprint density at radius 3 is 2.81 bits per heavy atom. The normalized spacial score (nSPS) is 16.4. The topological polar surface area (TPSA) is 71.4 Å². The van der Waals surface area contributed by atoms with Gasteiger partial charge in [-0.25, -0.2) is 0 Å². The Morgan fingerprint density at radius 2 is 2.05 bits per heavy atom. The van der Waals surface area contributed by atoms with Crippen molar-refractivity contribution >= 4 is 5.95 Å². The molecule has 21 heavy (non-hydrogen) atoms. The number of likely N-dealkylation sites (N-methyl/N-ethyl adjacent to an activating group) is 1. The monoisotopic (exact) mass is 287 g/mol. The lowest BCUT2D eigenvalue weighted by Crippen LogP contribution is -2.44. The lowest BCUT2D eigenvalue weighted by molar-refractivity contribution is 0.309. The van der Waals surface area contributed by atoms with E-state index in [9.17, 15) is 0 Å². The highest BCUT2D eigenvalue weighted by atomic mass is 16.5. The second kappa shape index (κ2) is 6.24. The SMILES string of the molecule is CN1CCN(c2noc(-c3cccc(CCN)c3)n2)CC1. The van der Waals surface area contributed by atoms with Crippen LogP contribution in [0.1, 0.15) is 5.56 Å². The van der Waals surface area contributed by atoms with Crippen molar-refractivity contribution in [2.24, 2.45) is 5.73 Å². The van der Waals surface area contributed by atoms with Gasteiger partial charge in [-0.05, 0) is 42.9 Å². The Hall–Kier alpha value is -1.92. The van der Waals surface area contributed by atoms with Crippen molar-refractivity contribution in [2.75, 3.05) is 44.7 Å². The third-order valence-electron chi connectivity index (χ3n) is 3.81. The number of aromatic nitrogens is 2. The van der Waals surface area contributed by atoms with Crippen molar-refractivity contribution in [3.63, 3.8) is 0 Å². The summed E-state index contributed by atoms with van der Waals surface area (Å²) in [6, 6.07) is 8.11. The number of rotatable bonds is 4. The third-order valence-corrected chi connectivity index (χ3v) is 3.81. The molecule has 6 nitrogen and oxygen atoms in total. The molecule has 112 valence electrons. The molecule has 2 aromatic rings. The predicted octanol–water partition coefficient (Wildman–Crippen LogP) is 0.990. The largest absolute Gasteiger partial charge is 0.336 e. The number of anilines is 1. The quantitative estimate of drug-likeness (QED) is 0.904. The van der Waals surface area contributed by atoms with Gasteiger partial charge in [0.15, 0.2) is 0 Å². The van der Waals surface area contributed by atoms with Gasteiger partial charge in [-0.1, -0.05) is 12.1 Å². The van der Waals surface area contributed by atoms with Crippen molar-refractivity contribution in [3.8, 4) is 11.5 Å². The van der Waals surface area contributed by atoms with Gasteiger partial charge in [0.1, 0.15) is 0 Å². The summed E-state index contributed by atoms with van der Waals surface area (Å²) in [7, 11) is 2.13.